The van der Waals surface area contributed by atoms with E-state index in [0.29, 0.717) is 5.69 Å². The van der Waals surface area contributed by atoms with E-state index in [1.165, 1.54) is 19.9 Å². The maximum Gasteiger partial charge on any atom is 0.406 e. The highest BCUT2D eigenvalue weighted by Gasteiger charge is 2.30. The zero-order chi connectivity index (χ0) is 20.4. The Kier molecular flexibility index (Phi) is 5.98. The van der Waals surface area contributed by atoms with E-state index in [4.69, 9.17) is 4.74 Å². The minimum Gasteiger partial charge on any atom is -0.454 e. The molecule has 0 saturated heterocycles. The molecule has 0 amide bonds. The maximum atomic E-state index is 12.7. The van der Waals surface area contributed by atoms with Crippen LogP contribution >= 0.6 is 0 Å². The summed E-state index contributed by atoms with van der Waals surface area (Å²) >= 11 is 0. The predicted octanol–water partition coefficient (Wildman–Crippen LogP) is 3.77. The van der Waals surface area contributed by atoms with Gasteiger partial charge in [-0.3, -0.25) is 4.79 Å². The van der Waals surface area contributed by atoms with Crippen LogP contribution < -0.4 is 4.90 Å². The third-order valence-corrected chi connectivity index (χ3v) is 4.14. The normalized spacial score (nSPS) is 11.4. The van der Waals surface area contributed by atoms with Crippen molar-refractivity contribution in [1.29, 1.82) is 0 Å². The fraction of sp³-hybridized carbons (Fsp3) is 0.368. The number of alkyl halides is 3. The van der Waals surface area contributed by atoms with E-state index >= 15 is 0 Å². The SMILES string of the molecule is Cc1cc(C(=O)COC(=O)c2cccc(N(C)C)c2)c(C)n1CC(F)(F)F. The standard InChI is InChI=1S/C19H21F3N2O3/c1-12-8-16(13(2)24(12)11-19(20,21)22)17(25)10-27-18(26)14-6-5-7-15(9-14)23(3)4/h5-9H,10-11H2,1-4H3. The third-order valence-electron chi connectivity index (χ3n) is 4.14. The van der Waals surface area contributed by atoms with Crippen LogP contribution in [0.4, 0.5) is 18.9 Å². The lowest BCUT2D eigenvalue weighted by Gasteiger charge is -2.13. The molecule has 0 bridgehead atoms. The van der Waals surface area contributed by atoms with E-state index in [0.717, 1.165) is 10.3 Å². The van der Waals surface area contributed by atoms with Crippen LogP contribution in [0.15, 0.2) is 30.3 Å². The first-order chi connectivity index (χ1) is 12.5. The monoisotopic (exact) mass is 382 g/mol. The average molecular weight is 382 g/mol. The van der Waals surface area contributed by atoms with Crippen molar-refractivity contribution >= 4 is 17.4 Å². The second-order valence-electron chi connectivity index (χ2n) is 6.43. The van der Waals surface area contributed by atoms with Crippen molar-refractivity contribution < 1.29 is 27.5 Å². The number of Topliss-reactive ketones (excluding diaryl/α,β-unsaturated/α-hetero) is 1. The molecule has 0 saturated carbocycles. The Morgan fingerprint density at radius 3 is 2.41 bits per heavy atom. The van der Waals surface area contributed by atoms with Gasteiger partial charge in [-0.2, -0.15) is 13.2 Å². The lowest BCUT2D eigenvalue weighted by Crippen LogP contribution is -2.20. The van der Waals surface area contributed by atoms with Gasteiger partial charge in [0.25, 0.3) is 0 Å². The van der Waals surface area contributed by atoms with Crippen LogP contribution in [-0.4, -0.2) is 43.2 Å². The van der Waals surface area contributed by atoms with E-state index in [-0.39, 0.29) is 16.8 Å². The van der Waals surface area contributed by atoms with Crippen molar-refractivity contribution in [2.75, 3.05) is 25.6 Å². The van der Waals surface area contributed by atoms with Gasteiger partial charge in [-0.1, -0.05) is 6.07 Å². The van der Waals surface area contributed by atoms with Crippen molar-refractivity contribution in [2.24, 2.45) is 0 Å². The highest BCUT2D eigenvalue weighted by atomic mass is 19.4. The van der Waals surface area contributed by atoms with Gasteiger partial charge in [0, 0.05) is 36.7 Å². The maximum absolute atomic E-state index is 12.7. The Morgan fingerprint density at radius 1 is 1.15 bits per heavy atom. The molecule has 0 fully saturated rings. The number of benzene rings is 1. The summed E-state index contributed by atoms with van der Waals surface area (Å²) < 4.78 is 44.1. The van der Waals surface area contributed by atoms with Gasteiger partial charge in [-0.05, 0) is 38.1 Å². The first kappa shape index (κ1) is 20.5. The molecule has 1 aromatic heterocycles. The molecule has 2 rings (SSSR count). The quantitative estimate of drug-likeness (QED) is 0.564. The van der Waals surface area contributed by atoms with Gasteiger partial charge in [0.1, 0.15) is 6.54 Å². The van der Waals surface area contributed by atoms with Gasteiger partial charge in [-0.15, -0.1) is 0 Å². The molecule has 1 aromatic carbocycles. The number of rotatable bonds is 6. The summed E-state index contributed by atoms with van der Waals surface area (Å²) in [6.07, 6.45) is -4.39. The van der Waals surface area contributed by atoms with Crippen LogP contribution in [0, 0.1) is 13.8 Å². The predicted molar refractivity (Wildman–Crippen MR) is 95.3 cm³/mol. The van der Waals surface area contributed by atoms with Crippen LogP contribution in [0.25, 0.3) is 0 Å². The second-order valence-corrected chi connectivity index (χ2v) is 6.43. The Morgan fingerprint density at radius 2 is 1.81 bits per heavy atom. The zero-order valence-electron chi connectivity index (χ0n) is 15.6. The fourth-order valence-electron chi connectivity index (χ4n) is 2.71. The zero-order valence-corrected chi connectivity index (χ0v) is 15.6. The van der Waals surface area contributed by atoms with Crippen molar-refractivity contribution in [3.8, 4) is 0 Å². The average Bonchev–Trinajstić information content (AvgIpc) is 2.86. The number of halogens is 3. The number of esters is 1. The Hall–Kier alpha value is -2.77. The molecule has 8 heteroatoms. The van der Waals surface area contributed by atoms with Crippen molar-refractivity contribution in [3.63, 3.8) is 0 Å². The van der Waals surface area contributed by atoms with Gasteiger partial charge < -0.3 is 14.2 Å². The van der Waals surface area contributed by atoms with Crippen LogP contribution in [0.1, 0.15) is 32.1 Å². The van der Waals surface area contributed by atoms with Gasteiger partial charge in [0.2, 0.25) is 5.78 Å². The van der Waals surface area contributed by atoms with E-state index in [1.54, 1.807) is 18.2 Å². The fourth-order valence-corrected chi connectivity index (χ4v) is 2.71. The molecule has 5 nitrogen and oxygen atoms in total. The first-order valence-electron chi connectivity index (χ1n) is 8.21. The third kappa shape index (κ3) is 5.12. The number of anilines is 1. The molecule has 0 spiro atoms. The van der Waals surface area contributed by atoms with Gasteiger partial charge in [-0.25, -0.2) is 4.79 Å². The number of ketones is 1. The lowest BCUT2D eigenvalue weighted by atomic mass is 10.1. The second kappa shape index (κ2) is 7.85. The number of carbonyl (C=O) groups excluding carboxylic acids is 2. The Balaban J connectivity index is 2.09. The Bertz CT molecular complexity index is 854. The highest BCUT2D eigenvalue weighted by molar-refractivity contribution is 6.00. The molecule has 0 aliphatic carbocycles. The lowest BCUT2D eigenvalue weighted by molar-refractivity contribution is -0.141. The highest BCUT2D eigenvalue weighted by Crippen LogP contribution is 2.23. The smallest absolute Gasteiger partial charge is 0.406 e. The van der Waals surface area contributed by atoms with Crippen molar-refractivity contribution in [3.05, 3.63) is 52.8 Å². The van der Waals surface area contributed by atoms with Crippen LogP contribution in [-0.2, 0) is 11.3 Å². The van der Waals surface area contributed by atoms with Crippen molar-refractivity contribution in [2.45, 2.75) is 26.6 Å². The number of aromatic nitrogens is 1. The molecule has 2 aromatic rings. The molecular formula is C19H21F3N2O3. The summed E-state index contributed by atoms with van der Waals surface area (Å²) in [7, 11) is 3.65. The summed E-state index contributed by atoms with van der Waals surface area (Å²) in [6, 6.07) is 8.08. The molecule has 0 atom stereocenters. The number of hydrogen-bond acceptors (Lipinski definition) is 4. The van der Waals surface area contributed by atoms with E-state index in [9.17, 15) is 22.8 Å². The van der Waals surface area contributed by atoms with Crippen LogP contribution in [0.5, 0.6) is 0 Å². The van der Waals surface area contributed by atoms with Gasteiger partial charge in [0.15, 0.2) is 6.61 Å². The molecular weight excluding hydrogens is 361 g/mol. The molecule has 27 heavy (non-hydrogen) atoms. The Labute approximate surface area is 155 Å². The molecule has 0 radical (unpaired) electrons. The first-order valence-corrected chi connectivity index (χ1v) is 8.21. The molecule has 146 valence electrons. The van der Waals surface area contributed by atoms with E-state index < -0.39 is 31.1 Å². The minimum atomic E-state index is -4.39. The number of ether oxygens (including phenoxy) is 1. The van der Waals surface area contributed by atoms with Crippen LogP contribution in [0.3, 0.4) is 0 Å². The molecule has 0 aliphatic rings. The summed E-state index contributed by atoms with van der Waals surface area (Å²) in [5, 5.41) is 0. The summed E-state index contributed by atoms with van der Waals surface area (Å²) in [4.78, 5) is 26.3. The largest absolute Gasteiger partial charge is 0.454 e. The van der Waals surface area contributed by atoms with E-state index in [1.807, 2.05) is 25.1 Å². The van der Waals surface area contributed by atoms with Crippen LogP contribution in [0.2, 0.25) is 0 Å². The minimum absolute atomic E-state index is 0.117. The topological polar surface area (TPSA) is 51.5 Å². The summed E-state index contributed by atoms with van der Waals surface area (Å²) in [5.74, 6) is -1.22. The van der Waals surface area contributed by atoms with E-state index in [2.05, 4.69) is 0 Å². The molecule has 0 unspecified atom stereocenters. The van der Waals surface area contributed by atoms with Gasteiger partial charge in [0.05, 0.1) is 5.56 Å². The molecule has 0 N–H and O–H groups in total. The summed E-state index contributed by atoms with van der Waals surface area (Å²) in [6.45, 7) is 1.22. The number of carbonyl (C=O) groups is 2. The molecule has 0 aliphatic heterocycles. The number of hydrogen-bond donors (Lipinski definition) is 0. The molecule has 1 heterocycles. The van der Waals surface area contributed by atoms with Crippen molar-refractivity contribution in [1.82, 2.24) is 4.57 Å². The number of nitrogens with zero attached hydrogens (tertiary/aromatic N) is 2. The number of aryl methyl sites for hydroxylation is 1. The van der Waals surface area contributed by atoms with Gasteiger partial charge >= 0.3 is 12.1 Å². The summed E-state index contributed by atoms with van der Waals surface area (Å²) in [5.41, 5.74) is 1.72.